The number of nitrogens with zero attached hydrogens (tertiary/aromatic N) is 1. The summed E-state index contributed by atoms with van der Waals surface area (Å²) in [6, 6.07) is 0. The summed E-state index contributed by atoms with van der Waals surface area (Å²) in [5, 5.41) is 3.10. The van der Waals surface area contributed by atoms with Crippen molar-refractivity contribution in [3.8, 4) is 0 Å². The summed E-state index contributed by atoms with van der Waals surface area (Å²) < 4.78 is 0. The van der Waals surface area contributed by atoms with Gasteiger partial charge in [-0.2, -0.15) is 0 Å². The topological polar surface area (TPSA) is 24.4 Å². The van der Waals surface area contributed by atoms with Gasteiger partial charge < -0.3 is 0 Å². The zero-order valence-electron chi connectivity index (χ0n) is 7.02. The standard InChI is InChI=1S/C8H16N2/c1-4-8(3)6-10-7-9-5-2/h4,6,9H,5,7H2,1-3H3/b8-4-,10-6?. The summed E-state index contributed by atoms with van der Waals surface area (Å²) in [5.74, 6) is 0. The van der Waals surface area contributed by atoms with Crippen LogP contribution in [0.5, 0.6) is 0 Å². The van der Waals surface area contributed by atoms with Crippen molar-refractivity contribution in [3.63, 3.8) is 0 Å². The predicted octanol–water partition coefficient (Wildman–Crippen LogP) is 1.59. The third-order valence-electron chi connectivity index (χ3n) is 1.20. The minimum absolute atomic E-state index is 0.724. The molecule has 2 nitrogen and oxygen atoms in total. The Bertz CT molecular complexity index is 125. The monoisotopic (exact) mass is 140 g/mol. The van der Waals surface area contributed by atoms with Gasteiger partial charge >= 0.3 is 0 Å². The highest BCUT2D eigenvalue weighted by Gasteiger charge is 1.77. The predicted molar refractivity (Wildman–Crippen MR) is 46.5 cm³/mol. The molecule has 0 aliphatic rings. The summed E-state index contributed by atoms with van der Waals surface area (Å²) in [6.07, 6.45) is 3.91. The molecular formula is C8H16N2. The van der Waals surface area contributed by atoms with Crippen LogP contribution >= 0.6 is 0 Å². The highest BCUT2D eigenvalue weighted by atomic mass is 15.0. The van der Waals surface area contributed by atoms with Gasteiger partial charge in [-0.3, -0.25) is 10.3 Å². The molecule has 0 amide bonds. The Morgan fingerprint density at radius 1 is 1.60 bits per heavy atom. The van der Waals surface area contributed by atoms with Crippen molar-refractivity contribution in [2.24, 2.45) is 4.99 Å². The van der Waals surface area contributed by atoms with Gasteiger partial charge in [0.2, 0.25) is 0 Å². The molecule has 0 aliphatic carbocycles. The van der Waals surface area contributed by atoms with Crippen LogP contribution < -0.4 is 5.32 Å². The molecule has 0 heterocycles. The van der Waals surface area contributed by atoms with Crippen LogP contribution in [0, 0.1) is 0 Å². The van der Waals surface area contributed by atoms with E-state index in [1.54, 1.807) is 0 Å². The molecule has 2 heteroatoms. The molecule has 0 aromatic rings. The SMILES string of the molecule is C/C=C(/C)C=NCNCC. The van der Waals surface area contributed by atoms with E-state index >= 15 is 0 Å². The largest absolute Gasteiger partial charge is 0.299 e. The molecule has 0 saturated heterocycles. The van der Waals surface area contributed by atoms with Gasteiger partial charge in [0.1, 0.15) is 0 Å². The molecule has 58 valence electrons. The third-order valence-corrected chi connectivity index (χ3v) is 1.20. The van der Waals surface area contributed by atoms with Crippen molar-refractivity contribution < 1.29 is 0 Å². The first-order chi connectivity index (χ1) is 4.81. The lowest BCUT2D eigenvalue weighted by atomic mass is 10.3. The maximum atomic E-state index is 4.13. The van der Waals surface area contributed by atoms with Gasteiger partial charge in [0, 0.05) is 6.21 Å². The molecule has 0 saturated carbocycles. The Labute approximate surface area is 63.0 Å². The number of nitrogens with one attached hydrogen (secondary N) is 1. The van der Waals surface area contributed by atoms with Crippen LogP contribution in [0.2, 0.25) is 0 Å². The Morgan fingerprint density at radius 2 is 2.30 bits per heavy atom. The molecule has 1 N–H and O–H groups in total. The van der Waals surface area contributed by atoms with Crippen LogP contribution in [0.1, 0.15) is 20.8 Å². The Morgan fingerprint density at radius 3 is 2.80 bits per heavy atom. The van der Waals surface area contributed by atoms with Crippen molar-refractivity contribution in [3.05, 3.63) is 11.6 Å². The second-order valence-electron chi connectivity index (χ2n) is 2.11. The Hall–Kier alpha value is -0.630. The first-order valence-electron chi connectivity index (χ1n) is 3.64. The van der Waals surface area contributed by atoms with Crippen LogP contribution in [0.15, 0.2) is 16.6 Å². The molecule has 0 aromatic carbocycles. The van der Waals surface area contributed by atoms with Crippen LogP contribution in [-0.2, 0) is 0 Å². The van der Waals surface area contributed by atoms with Crippen molar-refractivity contribution in [2.75, 3.05) is 13.2 Å². The number of allylic oxidation sites excluding steroid dienone is 2. The number of aliphatic imine (C=N–C) groups is 1. The zero-order valence-corrected chi connectivity index (χ0v) is 7.02. The van der Waals surface area contributed by atoms with E-state index in [0.717, 1.165) is 13.2 Å². The lowest BCUT2D eigenvalue weighted by Crippen LogP contribution is -2.11. The molecular weight excluding hydrogens is 124 g/mol. The molecule has 0 aromatic heterocycles. The molecule has 0 radical (unpaired) electrons. The first-order valence-corrected chi connectivity index (χ1v) is 3.64. The van der Waals surface area contributed by atoms with Gasteiger partial charge in [0.25, 0.3) is 0 Å². The summed E-state index contributed by atoms with van der Waals surface area (Å²) in [5.41, 5.74) is 1.21. The second kappa shape index (κ2) is 6.49. The van der Waals surface area contributed by atoms with Crippen LogP contribution in [0.3, 0.4) is 0 Å². The third kappa shape index (κ3) is 5.51. The fourth-order valence-electron chi connectivity index (χ4n) is 0.441. The first kappa shape index (κ1) is 9.37. The maximum absolute atomic E-state index is 4.13. The van der Waals surface area contributed by atoms with E-state index in [1.165, 1.54) is 5.57 Å². The van der Waals surface area contributed by atoms with E-state index in [1.807, 2.05) is 26.1 Å². The molecule has 0 atom stereocenters. The average molecular weight is 140 g/mol. The second-order valence-corrected chi connectivity index (χ2v) is 2.11. The van der Waals surface area contributed by atoms with Gasteiger partial charge in [0.05, 0.1) is 6.67 Å². The van der Waals surface area contributed by atoms with Crippen molar-refractivity contribution in [1.82, 2.24) is 5.32 Å². The number of rotatable bonds is 4. The Kier molecular flexibility index (Phi) is 6.08. The summed E-state index contributed by atoms with van der Waals surface area (Å²) in [6.45, 7) is 7.82. The Balaban J connectivity index is 3.37. The van der Waals surface area contributed by atoms with E-state index in [2.05, 4.69) is 17.2 Å². The lowest BCUT2D eigenvalue weighted by molar-refractivity contribution is 0.746. The van der Waals surface area contributed by atoms with Crippen LogP contribution in [0.25, 0.3) is 0 Å². The van der Waals surface area contributed by atoms with E-state index in [4.69, 9.17) is 0 Å². The highest BCUT2D eigenvalue weighted by Crippen LogP contribution is 1.84. The van der Waals surface area contributed by atoms with Crippen molar-refractivity contribution in [1.29, 1.82) is 0 Å². The molecule has 0 bridgehead atoms. The maximum Gasteiger partial charge on any atom is 0.0884 e. The average Bonchev–Trinajstić information content (AvgIpc) is 1.98. The quantitative estimate of drug-likeness (QED) is 0.465. The molecule has 0 spiro atoms. The zero-order chi connectivity index (χ0) is 7.82. The van der Waals surface area contributed by atoms with Crippen LogP contribution in [-0.4, -0.2) is 19.4 Å². The summed E-state index contributed by atoms with van der Waals surface area (Å²) >= 11 is 0. The van der Waals surface area contributed by atoms with Crippen LogP contribution in [0.4, 0.5) is 0 Å². The van der Waals surface area contributed by atoms with E-state index in [0.29, 0.717) is 0 Å². The smallest absolute Gasteiger partial charge is 0.0884 e. The van der Waals surface area contributed by atoms with Gasteiger partial charge in [-0.1, -0.05) is 13.0 Å². The summed E-state index contributed by atoms with van der Waals surface area (Å²) in [7, 11) is 0. The van der Waals surface area contributed by atoms with Gasteiger partial charge in [-0.15, -0.1) is 0 Å². The van der Waals surface area contributed by atoms with Crippen molar-refractivity contribution >= 4 is 6.21 Å². The number of hydrogen-bond acceptors (Lipinski definition) is 2. The molecule has 0 fully saturated rings. The van der Waals surface area contributed by atoms with E-state index < -0.39 is 0 Å². The minimum Gasteiger partial charge on any atom is -0.299 e. The number of hydrogen-bond donors (Lipinski definition) is 1. The fraction of sp³-hybridized carbons (Fsp3) is 0.625. The highest BCUT2D eigenvalue weighted by molar-refractivity contribution is 5.77. The van der Waals surface area contributed by atoms with Gasteiger partial charge in [0.15, 0.2) is 0 Å². The van der Waals surface area contributed by atoms with Crippen molar-refractivity contribution in [2.45, 2.75) is 20.8 Å². The molecule has 10 heavy (non-hydrogen) atoms. The molecule has 0 unspecified atom stereocenters. The fourth-order valence-corrected chi connectivity index (χ4v) is 0.441. The van der Waals surface area contributed by atoms with Gasteiger partial charge in [-0.05, 0) is 26.0 Å². The molecule has 0 rings (SSSR count). The lowest BCUT2D eigenvalue weighted by Gasteiger charge is -1.92. The van der Waals surface area contributed by atoms with Gasteiger partial charge in [-0.25, -0.2) is 0 Å². The van der Waals surface area contributed by atoms with E-state index in [9.17, 15) is 0 Å². The summed E-state index contributed by atoms with van der Waals surface area (Å²) in [4.78, 5) is 4.13. The molecule has 0 aliphatic heterocycles. The van der Waals surface area contributed by atoms with E-state index in [-0.39, 0.29) is 0 Å². The normalized spacial score (nSPS) is 12.9. The minimum atomic E-state index is 0.724.